The Morgan fingerprint density at radius 3 is 3.17 bits per heavy atom. The molecule has 1 heteroatoms. The Morgan fingerprint density at radius 1 is 1.50 bits per heavy atom. The first-order chi connectivity index (χ1) is 5.67. The van der Waals surface area contributed by atoms with Crippen LogP contribution in [0.4, 0.5) is 0 Å². The minimum absolute atomic E-state index is 0.280. The van der Waals surface area contributed by atoms with Gasteiger partial charge in [0.2, 0.25) is 0 Å². The second kappa shape index (κ2) is 2.51. The maximum atomic E-state index is 5.58. The average Bonchev–Trinajstić information content (AvgIpc) is 2.02. The lowest BCUT2D eigenvalue weighted by molar-refractivity contribution is 0.154. The summed E-state index contributed by atoms with van der Waals surface area (Å²) in [5.41, 5.74) is 1.57. The van der Waals surface area contributed by atoms with Crippen LogP contribution >= 0.6 is 0 Å². The molecule has 1 heterocycles. The second-order valence-corrected chi connectivity index (χ2v) is 4.15. The van der Waals surface area contributed by atoms with Gasteiger partial charge in [-0.3, -0.25) is 0 Å². The highest BCUT2D eigenvalue weighted by atomic mass is 16.5. The summed E-state index contributed by atoms with van der Waals surface area (Å²) in [6, 6.07) is 9.14. The maximum absolute atomic E-state index is 5.58. The Bertz CT molecular complexity index is 289. The van der Waals surface area contributed by atoms with E-state index < -0.39 is 0 Å². The van der Waals surface area contributed by atoms with Gasteiger partial charge in [0.1, 0.15) is 5.75 Å². The molecule has 0 saturated heterocycles. The van der Waals surface area contributed by atoms with Gasteiger partial charge in [-0.2, -0.15) is 0 Å². The Balaban J connectivity index is 2.35. The lowest BCUT2D eigenvalue weighted by atomic mass is 9.84. The van der Waals surface area contributed by atoms with Crippen LogP contribution in [0.15, 0.2) is 18.2 Å². The summed E-state index contributed by atoms with van der Waals surface area (Å²) < 4.78 is 5.58. The lowest BCUT2D eigenvalue weighted by Crippen LogP contribution is -2.28. The average molecular weight is 161 g/mol. The van der Waals surface area contributed by atoms with Gasteiger partial charge in [-0.15, -0.1) is 0 Å². The first-order valence-corrected chi connectivity index (χ1v) is 4.30. The van der Waals surface area contributed by atoms with E-state index in [9.17, 15) is 0 Å². The van der Waals surface area contributed by atoms with E-state index in [1.807, 2.05) is 12.1 Å². The summed E-state index contributed by atoms with van der Waals surface area (Å²) in [7, 11) is 0. The van der Waals surface area contributed by atoms with Gasteiger partial charge in [-0.25, -0.2) is 0 Å². The molecule has 0 atom stereocenters. The van der Waals surface area contributed by atoms with Crippen LogP contribution in [0.25, 0.3) is 0 Å². The van der Waals surface area contributed by atoms with Crippen LogP contribution < -0.4 is 4.74 Å². The van der Waals surface area contributed by atoms with Crippen molar-refractivity contribution >= 4 is 0 Å². The molecular weight excluding hydrogens is 148 g/mol. The van der Waals surface area contributed by atoms with Crippen LogP contribution in [-0.2, 0) is 6.42 Å². The summed E-state index contributed by atoms with van der Waals surface area (Å²) in [5, 5.41) is 0. The third-order valence-electron chi connectivity index (χ3n) is 2.18. The number of para-hydroxylation sites is 1. The third-order valence-corrected chi connectivity index (χ3v) is 2.18. The molecule has 1 nitrogen and oxygen atoms in total. The molecule has 0 aliphatic carbocycles. The Morgan fingerprint density at radius 2 is 2.33 bits per heavy atom. The van der Waals surface area contributed by atoms with Crippen LogP contribution in [0.1, 0.15) is 19.4 Å². The standard InChI is InChI=1S/C11H13O/c1-11(2)7-9-5-3-4-6-10(9)12-8-11/h3-5H,7-8H2,1-2H3. The van der Waals surface area contributed by atoms with Gasteiger partial charge in [0.25, 0.3) is 0 Å². The predicted molar refractivity (Wildman–Crippen MR) is 48.3 cm³/mol. The Labute approximate surface area is 73.4 Å². The van der Waals surface area contributed by atoms with Crippen LogP contribution in [0, 0.1) is 11.5 Å². The fourth-order valence-electron chi connectivity index (χ4n) is 1.56. The van der Waals surface area contributed by atoms with Crippen molar-refractivity contribution in [2.45, 2.75) is 20.3 Å². The normalized spacial score (nSPS) is 19.5. The highest BCUT2D eigenvalue weighted by molar-refractivity contribution is 5.34. The van der Waals surface area contributed by atoms with Gasteiger partial charge in [0.05, 0.1) is 6.61 Å². The predicted octanol–water partition coefficient (Wildman–Crippen LogP) is 2.45. The van der Waals surface area contributed by atoms with Gasteiger partial charge >= 0.3 is 0 Å². The largest absolute Gasteiger partial charge is 0.492 e. The SMILES string of the molecule is CC1(C)COc2[c]cccc2C1. The van der Waals surface area contributed by atoms with Crippen molar-refractivity contribution in [3.63, 3.8) is 0 Å². The Hall–Kier alpha value is -0.980. The quantitative estimate of drug-likeness (QED) is 0.568. The molecule has 12 heavy (non-hydrogen) atoms. The van der Waals surface area contributed by atoms with Crippen molar-refractivity contribution in [3.8, 4) is 5.75 Å². The monoisotopic (exact) mass is 161 g/mol. The number of ether oxygens (including phenoxy) is 1. The Kier molecular flexibility index (Phi) is 1.60. The molecule has 63 valence electrons. The number of hydrogen-bond acceptors (Lipinski definition) is 1. The van der Waals surface area contributed by atoms with Gasteiger partial charge in [-0.1, -0.05) is 32.0 Å². The molecule has 2 rings (SSSR count). The number of rotatable bonds is 0. The van der Waals surface area contributed by atoms with E-state index in [1.54, 1.807) is 0 Å². The molecule has 1 aliphatic heterocycles. The number of fused-ring (bicyclic) bond motifs is 1. The molecule has 0 amide bonds. The van der Waals surface area contributed by atoms with Crippen molar-refractivity contribution < 1.29 is 4.74 Å². The van der Waals surface area contributed by atoms with Crippen molar-refractivity contribution in [1.29, 1.82) is 0 Å². The number of benzene rings is 1. The van der Waals surface area contributed by atoms with Gasteiger partial charge in [-0.05, 0) is 12.0 Å². The van der Waals surface area contributed by atoms with Gasteiger partial charge in [0.15, 0.2) is 0 Å². The smallest absolute Gasteiger partial charge is 0.130 e. The molecule has 0 spiro atoms. The minimum Gasteiger partial charge on any atom is -0.492 e. The van der Waals surface area contributed by atoms with E-state index >= 15 is 0 Å². The van der Waals surface area contributed by atoms with Crippen LogP contribution in [0.2, 0.25) is 0 Å². The van der Waals surface area contributed by atoms with Gasteiger partial charge in [0, 0.05) is 11.5 Å². The molecule has 0 saturated carbocycles. The maximum Gasteiger partial charge on any atom is 0.130 e. The number of hydrogen-bond donors (Lipinski definition) is 0. The summed E-state index contributed by atoms with van der Waals surface area (Å²) in [5.74, 6) is 0.942. The third kappa shape index (κ3) is 1.31. The van der Waals surface area contributed by atoms with E-state index in [2.05, 4.69) is 26.0 Å². The fraction of sp³-hybridized carbons (Fsp3) is 0.455. The minimum atomic E-state index is 0.280. The topological polar surface area (TPSA) is 9.23 Å². The molecule has 0 N–H and O–H groups in total. The van der Waals surface area contributed by atoms with E-state index in [0.717, 1.165) is 18.8 Å². The fourth-order valence-corrected chi connectivity index (χ4v) is 1.56. The van der Waals surface area contributed by atoms with Crippen LogP contribution in [-0.4, -0.2) is 6.61 Å². The molecule has 0 unspecified atom stereocenters. The highest BCUT2D eigenvalue weighted by Gasteiger charge is 2.25. The zero-order chi connectivity index (χ0) is 8.60. The zero-order valence-electron chi connectivity index (χ0n) is 7.55. The van der Waals surface area contributed by atoms with Crippen LogP contribution in [0.5, 0.6) is 5.75 Å². The first-order valence-electron chi connectivity index (χ1n) is 4.30. The highest BCUT2D eigenvalue weighted by Crippen LogP contribution is 2.32. The molecule has 1 aromatic rings. The van der Waals surface area contributed by atoms with E-state index in [1.165, 1.54) is 5.56 Å². The molecule has 0 fully saturated rings. The first kappa shape index (κ1) is 7.66. The molecule has 0 bridgehead atoms. The zero-order valence-corrected chi connectivity index (χ0v) is 7.55. The van der Waals surface area contributed by atoms with Crippen molar-refractivity contribution in [1.82, 2.24) is 0 Å². The lowest BCUT2D eigenvalue weighted by Gasteiger charge is -2.30. The van der Waals surface area contributed by atoms with Crippen molar-refractivity contribution in [2.75, 3.05) is 6.61 Å². The summed E-state index contributed by atoms with van der Waals surface area (Å²) in [6.45, 7) is 5.26. The van der Waals surface area contributed by atoms with E-state index in [0.29, 0.717) is 0 Å². The van der Waals surface area contributed by atoms with Crippen LogP contribution in [0.3, 0.4) is 0 Å². The summed E-state index contributed by atoms with van der Waals surface area (Å²) >= 11 is 0. The van der Waals surface area contributed by atoms with Crippen molar-refractivity contribution in [2.24, 2.45) is 5.41 Å². The molecule has 0 aromatic heterocycles. The molecular formula is C11H13O. The second-order valence-electron chi connectivity index (χ2n) is 4.15. The molecule has 1 aliphatic rings. The summed E-state index contributed by atoms with van der Waals surface area (Å²) in [4.78, 5) is 0. The summed E-state index contributed by atoms with van der Waals surface area (Å²) in [6.07, 6.45) is 1.10. The molecule has 1 radical (unpaired) electrons. The van der Waals surface area contributed by atoms with E-state index in [4.69, 9.17) is 4.74 Å². The van der Waals surface area contributed by atoms with Crippen molar-refractivity contribution in [3.05, 3.63) is 29.8 Å². The van der Waals surface area contributed by atoms with E-state index in [-0.39, 0.29) is 5.41 Å². The van der Waals surface area contributed by atoms with Gasteiger partial charge < -0.3 is 4.74 Å². The molecule has 1 aromatic carbocycles.